The number of nitrogens with one attached hydrogen (secondary N) is 2. The van der Waals surface area contributed by atoms with Crippen molar-refractivity contribution in [1.82, 2.24) is 9.44 Å². The summed E-state index contributed by atoms with van der Waals surface area (Å²) in [7, 11) is -1.81. The third-order valence-corrected chi connectivity index (χ3v) is 2.41. The molecular formula is C7H18N2O3S. The van der Waals surface area contributed by atoms with Crippen molar-refractivity contribution < 1.29 is 13.2 Å². The molecule has 0 aromatic rings. The Hall–Kier alpha value is -0.170. The molecule has 13 heavy (non-hydrogen) atoms. The topological polar surface area (TPSA) is 67.4 Å². The Morgan fingerprint density at radius 1 is 1.31 bits per heavy atom. The van der Waals surface area contributed by atoms with Crippen molar-refractivity contribution in [2.75, 3.05) is 26.8 Å². The van der Waals surface area contributed by atoms with Crippen LogP contribution in [0.3, 0.4) is 0 Å². The predicted molar refractivity (Wildman–Crippen MR) is 51.6 cm³/mol. The van der Waals surface area contributed by atoms with Crippen LogP contribution < -0.4 is 9.44 Å². The van der Waals surface area contributed by atoms with E-state index in [0.29, 0.717) is 25.6 Å². The van der Waals surface area contributed by atoms with Crippen molar-refractivity contribution in [3.05, 3.63) is 0 Å². The molecule has 0 atom stereocenters. The zero-order valence-corrected chi connectivity index (χ0v) is 9.15. The fraction of sp³-hybridized carbons (Fsp3) is 1.00. The fourth-order valence-electron chi connectivity index (χ4n) is 0.605. The molecule has 0 amide bonds. The summed E-state index contributed by atoms with van der Waals surface area (Å²) in [6.07, 6.45) is 0. The van der Waals surface area contributed by atoms with E-state index >= 15 is 0 Å². The van der Waals surface area contributed by atoms with Gasteiger partial charge in [0.2, 0.25) is 0 Å². The number of hydrogen-bond acceptors (Lipinski definition) is 3. The van der Waals surface area contributed by atoms with Crippen molar-refractivity contribution in [2.45, 2.75) is 13.8 Å². The monoisotopic (exact) mass is 210 g/mol. The van der Waals surface area contributed by atoms with Gasteiger partial charge in [0.05, 0.1) is 6.61 Å². The van der Waals surface area contributed by atoms with Crippen molar-refractivity contribution >= 4 is 10.2 Å². The first-order valence-corrected chi connectivity index (χ1v) is 5.69. The number of methoxy groups -OCH3 is 1. The average Bonchev–Trinajstić information content (AvgIpc) is 2.02. The van der Waals surface area contributed by atoms with Crippen LogP contribution in [0.2, 0.25) is 0 Å². The highest BCUT2D eigenvalue weighted by atomic mass is 32.2. The molecule has 0 saturated carbocycles. The van der Waals surface area contributed by atoms with Crippen molar-refractivity contribution in [3.8, 4) is 0 Å². The summed E-state index contributed by atoms with van der Waals surface area (Å²) in [5, 5.41) is 0. The van der Waals surface area contributed by atoms with Gasteiger partial charge < -0.3 is 4.74 Å². The first-order chi connectivity index (χ1) is 5.98. The van der Waals surface area contributed by atoms with Gasteiger partial charge >= 0.3 is 0 Å². The molecule has 2 N–H and O–H groups in total. The maximum absolute atomic E-state index is 11.1. The second-order valence-corrected chi connectivity index (χ2v) is 4.72. The van der Waals surface area contributed by atoms with Crippen molar-refractivity contribution in [1.29, 1.82) is 0 Å². The molecule has 0 aromatic carbocycles. The van der Waals surface area contributed by atoms with Gasteiger partial charge in [-0.2, -0.15) is 13.1 Å². The average molecular weight is 210 g/mol. The molecule has 0 aliphatic heterocycles. The molecule has 80 valence electrons. The van der Waals surface area contributed by atoms with Crippen LogP contribution in [-0.2, 0) is 14.9 Å². The van der Waals surface area contributed by atoms with E-state index in [1.807, 2.05) is 13.8 Å². The maximum Gasteiger partial charge on any atom is 0.276 e. The smallest absolute Gasteiger partial charge is 0.276 e. The normalized spacial score (nSPS) is 12.3. The van der Waals surface area contributed by atoms with Gasteiger partial charge in [0.25, 0.3) is 10.2 Å². The van der Waals surface area contributed by atoms with E-state index in [0.717, 1.165) is 0 Å². The minimum atomic E-state index is -3.33. The third kappa shape index (κ3) is 8.17. The quantitative estimate of drug-likeness (QED) is 0.568. The molecule has 0 bridgehead atoms. The van der Waals surface area contributed by atoms with E-state index in [9.17, 15) is 8.42 Å². The highest BCUT2D eigenvalue weighted by Gasteiger charge is 2.07. The fourth-order valence-corrected chi connectivity index (χ4v) is 1.61. The summed E-state index contributed by atoms with van der Waals surface area (Å²) in [6, 6.07) is 0. The third-order valence-electron chi connectivity index (χ3n) is 1.28. The van der Waals surface area contributed by atoms with E-state index < -0.39 is 10.2 Å². The molecule has 0 saturated heterocycles. The largest absolute Gasteiger partial charge is 0.383 e. The second-order valence-electron chi connectivity index (χ2n) is 3.13. The Morgan fingerprint density at radius 2 is 1.92 bits per heavy atom. The van der Waals surface area contributed by atoms with Crippen LogP contribution in [0, 0.1) is 5.92 Å². The SMILES string of the molecule is COCCNS(=O)(=O)NCC(C)C. The molecule has 0 unspecified atom stereocenters. The highest BCUT2D eigenvalue weighted by Crippen LogP contribution is 1.88. The van der Waals surface area contributed by atoms with E-state index in [2.05, 4.69) is 9.44 Å². The molecule has 0 aliphatic rings. The summed E-state index contributed by atoms with van der Waals surface area (Å²) in [4.78, 5) is 0. The summed E-state index contributed by atoms with van der Waals surface area (Å²) < 4.78 is 31.7. The lowest BCUT2D eigenvalue weighted by atomic mass is 10.2. The highest BCUT2D eigenvalue weighted by molar-refractivity contribution is 7.87. The van der Waals surface area contributed by atoms with Gasteiger partial charge in [0, 0.05) is 20.2 Å². The van der Waals surface area contributed by atoms with Crippen LogP contribution in [0.4, 0.5) is 0 Å². The van der Waals surface area contributed by atoms with Gasteiger partial charge in [0.15, 0.2) is 0 Å². The number of hydrogen-bond donors (Lipinski definition) is 2. The van der Waals surface area contributed by atoms with Gasteiger partial charge in [-0.05, 0) is 5.92 Å². The molecule has 0 rings (SSSR count). The van der Waals surface area contributed by atoms with Crippen molar-refractivity contribution in [2.24, 2.45) is 5.92 Å². The molecule has 6 heteroatoms. The molecule has 0 fully saturated rings. The van der Waals surface area contributed by atoms with Crippen LogP contribution in [0.1, 0.15) is 13.8 Å². The minimum Gasteiger partial charge on any atom is -0.383 e. The summed E-state index contributed by atoms with van der Waals surface area (Å²) in [5.41, 5.74) is 0. The Morgan fingerprint density at radius 3 is 2.38 bits per heavy atom. The zero-order valence-electron chi connectivity index (χ0n) is 8.33. The van der Waals surface area contributed by atoms with Crippen LogP contribution in [0.5, 0.6) is 0 Å². The Labute approximate surface area is 80.0 Å². The molecule has 0 radical (unpaired) electrons. The zero-order chi connectivity index (χ0) is 10.3. The lowest BCUT2D eigenvalue weighted by molar-refractivity contribution is 0.204. The van der Waals surface area contributed by atoms with E-state index in [1.165, 1.54) is 7.11 Å². The summed E-state index contributed by atoms with van der Waals surface area (Å²) in [5.74, 6) is 0.305. The number of ether oxygens (including phenoxy) is 1. The Balaban J connectivity index is 3.68. The van der Waals surface area contributed by atoms with E-state index in [4.69, 9.17) is 4.74 Å². The Kier molecular flexibility index (Phi) is 6.23. The summed E-state index contributed by atoms with van der Waals surface area (Å²) >= 11 is 0. The van der Waals surface area contributed by atoms with Gasteiger partial charge in [-0.25, -0.2) is 4.72 Å². The minimum absolute atomic E-state index is 0.296. The van der Waals surface area contributed by atoms with Crippen LogP contribution in [-0.4, -0.2) is 35.2 Å². The molecule has 5 nitrogen and oxygen atoms in total. The summed E-state index contributed by atoms with van der Waals surface area (Å²) in [6.45, 7) is 5.00. The molecule has 0 aliphatic carbocycles. The first-order valence-electron chi connectivity index (χ1n) is 4.21. The predicted octanol–water partition coefficient (Wildman–Crippen LogP) is -0.287. The first kappa shape index (κ1) is 12.8. The molecular weight excluding hydrogens is 192 g/mol. The molecule has 0 heterocycles. The van der Waals surface area contributed by atoms with Crippen molar-refractivity contribution in [3.63, 3.8) is 0 Å². The standard InChI is InChI=1S/C7H18N2O3S/c1-7(2)6-9-13(10,11)8-4-5-12-3/h7-9H,4-6H2,1-3H3. The van der Waals surface area contributed by atoms with Gasteiger partial charge in [-0.15, -0.1) is 0 Å². The van der Waals surface area contributed by atoms with Gasteiger partial charge in [-0.3, -0.25) is 0 Å². The Bertz CT molecular complexity index is 214. The van der Waals surface area contributed by atoms with E-state index in [1.54, 1.807) is 0 Å². The second kappa shape index (κ2) is 6.31. The van der Waals surface area contributed by atoms with E-state index in [-0.39, 0.29) is 0 Å². The lowest BCUT2D eigenvalue weighted by Gasteiger charge is -2.09. The lowest BCUT2D eigenvalue weighted by Crippen LogP contribution is -2.39. The van der Waals surface area contributed by atoms with Gasteiger partial charge in [0.1, 0.15) is 0 Å². The molecule has 0 aromatic heterocycles. The number of rotatable bonds is 7. The molecule has 0 spiro atoms. The van der Waals surface area contributed by atoms with Crippen LogP contribution in [0.15, 0.2) is 0 Å². The maximum atomic E-state index is 11.1. The van der Waals surface area contributed by atoms with Gasteiger partial charge in [-0.1, -0.05) is 13.8 Å². The van der Waals surface area contributed by atoms with Crippen LogP contribution in [0.25, 0.3) is 0 Å². The van der Waals surface area contributed by atoms with Crippen LogP contribution >= 0.6 is 0 Å².